The zero-order valence-electron chi connectivity index (χ0n) is 5.37. The van der Waals surface area contributed by atoms with Crippen molar-refractivity contribution in [2.45, 2.75) is 19.4 Å². The maximum atomic E-state index is 9.97. The first-order valence-electron chi connectivity index (χ1n) is 2.77. The lowest BCUT2D eigenvalue weighted by atomic mass is 10.2. The molecule has 9 heavy (non-hydrogen) atoms. The number of carboxylic acids is 1. The fraction of sp³-hybridized carbons (Fsp3) is 0.500. The van der Waals surface area contributed by atoms with Gasteiger partial charge in [-0.1, -0.05) is 12.2 Å². The van der Waals surface area contributed by atoms with Gasteiger partial charge < -0.3 is 10.8 Å². The summed E-state index contributed by atoms with van der Waals surface area (Å²) < 4.78 is 0. The molecule has 0 amide bonds. The van der Waals surface area contributed by atoms with E-state index in [1.807, 2.05) is 6.92 Å². The Kier molecular flexibility index (Phi) is 3.71. The summed E-state index contributed by atoms with van der Waals surface area (Å²) in [6, 6.07) is -0.340. The maximum Gasteiger partial charge on any atom is 0.305 e. The molecule has 0 bridgehead atoms. The van der Waals surface area contributed by atoms with E-state index >= 15 is 0 Å². The highest BCUT2D eigenvalue weighted by atomic mass is 16.4. The lowest BCUT2D eigenvalue weighted by Gasteiger charge is -1.98. The average molecular weight is 129 g/mol. The molecular formula is C6H11NO2. The Labute approximate surface area is 54.2 Å². The minimum Gasteiger partial charge on any atom is -0.481 e. The van der Waals surface area contributed by atoms with E-state index in [1.165, 1.54) is 0 Å². The van der Waals surface area contributed by atoms with Crippen LogP contribution in [0.2, 0.25) is 0 Å². The van der Waals surface area contributed by atoms with Gasteiger partial charge in [0.2, 0.25) is 0 Å². The number of allylic oxidation sites excluding steroid dienone is 1. The molecule has 0 fully saturated rings. The van der Waals surface area contributed by atoms with E-state index in [1.54, 1.807) is 12.2 Å². The van der Waals surface area contributed by atoms with Gasteiger partial charge >= 0.3 is 5.97 Å². The molecule has 0 heterocycles. The monoisotopic (exact) mass is 129 g/mol. The van der Waals surface area contributed by atoms with Crippen molar-refractivity contribution in [2.24, 2.45) is 5.73 Å². The largest absolute Gasteiger partial charge is 0.481 e. The molecule has 3 heteroatoms. The van der Waals surface area contributed by atoms with Gasteiger partial charge in [-0.2, -0.15) is 0 Å². The molecule has 1 unspecified atom stereocenters. The molecular weight excluding hydrogens is 118 g/mol. The standard InChI is InChI=1S/C6H11NO2/c1-2-3-5(7)4-6(8)9/h2-3,5H,4,7H2,1H3,(H,8,9)/b3-2-. The van der Waals surface area contributed by atoms with Crippen LogP contribution in [0.15, 0.2) is 12.2 Å². The Morgan fingerprint density at radius 2 is 2.44 bits per heavy atom. The van der Waals surface area contributed by atoms with E-state index in [4.69, 9.17) is 10.8 Å². The van der Waals surface area contributed by atoms with E-state index in [0.717, 1.165) is 0 Å². The molecule has 0 aromatic heterocycles. The fourth-order valence-electron chi connectivity index (χ4n) is 0.517. The first-order chi connectivity index (χ1) is 4.16. The van der Waals surface area contributed by atoms with Gasteiger partial charge in [-0.05, 0) is 6.92 Å². The second-order valence-electron chi connectivity index (χ2n) is 1.79. The summed E-state index contributed by atoms with van der Waals surface area (Å²) in [6.45, 7) is 1.81. The third-order valence-electron chi connectivity index (χ3n) is 0.850. The molecule has 0 aromatic rings. The third kappa shape index (κ3) is 5.03. The zero-order valence-corrected chi connectivity index (χ0v) is 5.37. The van der Waals surface area contributed by atoms with Crippen LogP contribution in [0.4, 0.5) is 0 Å². The number of nitrogens with two attached hydrogens (primary N) is 1. The van der Waals surface area contributed by atoms with E-state index in [9.17, 15) is 4.79 Å². The van der Waals surface area contributed by atoms with Crippen molar-refractivity contribution in [1.29, 1.82) is 0 Å². The summed E-state index contributed by atoms with van der Waals surface area (Å²) in [5.41, 5.74) is 5.32. The number of rotatable bonds is 3. The van der Waals surface area contributed by atoms with Gasteiger partial charge in [0.1, 0.15) is 0 Å². The van der Waals surface area contributed by atoms with E-state index in [0.29, 0.717) is 0 Å². The Morgan fingerprint density at radius 1 is 1.89 bits per heavy atom. The van der Waals surface area contributed by atoms with Crippen LogP contribution in [0.25, 0.3) is 0 Å². The Balaban J connectivity index is 3.50. The predicted molar refractivity (Wildman–Crippen MR) is 35.0 cm³/mol. The number of carbonyl (C=O) groups is 1. The van der Waals surface area contributed by atoms with E-state index < -0.39 is 5.97 Å². The second kappa shape index (κ2) is 4.09. The Morgan fingerprint density at radius 3 is 2.78 bits per heavy atom. The lowest BCUT2D eigenvalue weighted by molar-refractivity contribution is -0.137. The van der Waals surface area contributed by atoms with Crippen LogP contribution in [-0.4, -0.2) is 17.1 Å². The molecule has 0 saturated heterocycles. The van der Waals surface area contributed by atoms with Crippen LogP contribution >= 0.6 is 0 Å². The molecule has 0 aromatic carbocycles. The van der Waals surface area contributed by atoms with Crippen LogP contribution < -0.4 is 5.73 Å². The summed E-state index contributed by atoms with van der Waals surface area (Å²) in [7, 11) is 0. The van der Waals surface area contributed by atoms with Crippen molar-refractivity contribution in [1.82, 2.24) is 0 Å². The molecule has 0 aliphatic carbocycles. The van der Waals surface area contributed by atoms with Crippen molar-refractivity contribution in [3.63, 3.8) is 0 Å². The van der Waals surface area contributed by atoms with Crippen LogP contribution in [0.5, 0.6) is 0 Å². The zero-order chi connectivity index (χ0) is 7.28. The highest BCUT2D eigenvalue weighted by Crippen LogP contribution is 1.88. The van der Waals surface area contributed by atoms with Crippen molar-refractivity contribution >= 4 is 5.97 Å². The summed E-state index contributed by atoms with van der Waals surface area (Å²) in [4.78, 5) is 9.97. The molecule has 52 valence electrons. The topological polar surface area (TPSA) is 63.3 Å². The van der Waals surface area contributed by atoms with Gasteiger partial charge in [-0.25, -0.2) is 0 Å². The number of hydrogen-bond donors (Lipinski definition) is 2. The molecule has 0 saturated carbocycles. The normalized spacial score (nSPS) is 14.0. The van der Waals surface area contributed by atoms with E-state index in [-0.39, 0.29) is 12.5 Å². The molecule has 0 aliphatic heterocycles. The van der Waals surface area contributed by atoms with Gasteiger partial charge in [0.15, 0.2) is 0 Å². The predicted octanol–water partition coefficient (Wildman–Crippen LogP) is 0.365. The fourth-order valence-corrected chi connectivity index (χ4v) is 0.517. The summed E-state index contributed by atoms with van der Waals surface area (Å²) in [5.74, 6) is -0.861. The summed E-state index contributed by atoms with van der Waals surface area (Å²) >= 11 is 0. The highest BCUT2D eigenvalue weighted by molar-refractivity contribution is 5.67. The quantitative estimate of drug-likeness (QED) is 0.541. The van der Waals surface area contributed by atoms with Gasteiger partial charge in [0.25, 0.3) is 0 Å². The van der Waals surface area contributed by atoms with Crippen molar-refractivity contribution in [2.75, 3.05) is 0 Å². The number of carboxylic acid groups (broad SMARTS) is 1. The minimum absolute atomic E-state index is 0.00431. The summed E-state index contributed by atoms with van der Waals surface area (Å²) in [5, 5.41) is 8.20. The highest BCUT2D eigenvalue weighted by Gasteiger charge is 2.01. The molecule has 0 rings (SSSR count). The number of hydrogen-bond acceptors (Lipinski definition) is 2. The van der Waals surface area contributed by atoms with Crippen LogP contribution in [0.3, 0.4) is 0 Å². The average Bonchev–Trinajstić information content (AvgIpc) is 1.63. The first-order valence-corrected chi connectivity index (χ1v) is 2.77. The molecule has 0 aliphatic rings. The molecule has 3 N–H and O–H groups in total. The van der Waals surface area contributed by atoms with Gasteiger partial charge in [0, 0.05) is 6.04 Å². The molecule has 1 atom stereocenters. The van der Waals surface area contributed by atoms with Gasteiger partial charge in [0.05, 0.1) is 6.42 Å². The van der Waals surface area contributed by atoms with Crippen LogP contribution in [0.1, 0.15) is 13.3 Å². The van der Waals surface area contributed by atoms with Crippen molar-refractivity contribution in [3.05, 3.63) is 12.2 Å². The SMILES string of the molecule is C/C=C\C(N)CC(=O)O. The Bertz CT molecular complexity index is 120. The Hall–Kier alpha value is -0.830. The second-order valence-corrected chi connectivity index (χ2v) is 1.79. The first kappa shape index (κ1) is 8.17. The maximum absolute atomic E-state index is 9.97. The number of aliphatic carboxylic acids is 1. The van der Waals surface area contributed by atoms with Crippen LogP contribution in [0, 0.1) is 0 Å². The molecule has 0 radical (unpaired) electrons. The smallest absolute Gasteiger partial charge is 0.305 e. The lowest BCUT2D eigenvalue weighted by Crippen LogP contribution is -2.20. The summed E-state index contributed by atoms with van der Waals surface area (Å²) in [6.07, 6.45) is 3.41. The van der Waals surface area contributed by atoms with Gasteiger partial charge in [-0.15, -0.1) is 0 Å². The minimum atomic E-state index is -0.861. The van der Waals surface area contributed by atoms with E-state index in [2.05, 4.69) is 0 Å². The van der Waals surface area contributed by atoms with Gasteiger partial charge in [-0.3, -0.25) is 4.79 Å². The third-order valence-corrected chi connectivity index (χ3v) is 0.850. The molecule has 3 nitrogen and oxygen atoms in total. The molecule has 0 spiro atoms. The van der Waals surface area contributed by atoms with Crippen molar-refractivity contribution in [3.8, 4) is 0 Å². The van der Waals surface area contributed by atoms with Crippen molar-refractivity contribution < 1.29 is 9.90 Å². The van der Waals surface area contributed by atoms with Crippen LogP contribution in [-0.2, 0) is 4.79 Å².